The standard InChI is InChI=1S/C14H12FNO2/c1-16(9-17)14-7-4-11(15)8-13(14)10-2-5-12(18)6-3-10/h2-9,18H,1H3. The Morgan fingerprint density at radius 1 is 1.17 bits per heavy atom. The predicted molar refractivity (Wildman–Crippen MR) is 68.0 cm³/mol. The minimum absolute atomic E-state index is 0.139. The Hall–Kier alpha value is -2.36. The molecule has 0 aliphatic rings. The Bertz CT molecular complexity index is 567. The molecule has 4 heteroatoms. The number of carbonyl (C=O) groups excluding carboxylic acids is 1. The Labute approximate surface area is 104 Å². The van der Waals surface area contributed by atoms with E-state index in [2.05, 4.69) is 0 Å². The fourth-order valence-corrected chi connectivity index (χ4v) is 1.74. The molecule has 0 heterocycles. The average molecular weight is 245 g/mol. The van der Waals surface area contributed by atoms with Crippen LogP contribution in [0, 0.1) is 5.82 Å². The van der Waals surface area contributed by atoms with E-state index in [1.165, 1.54) is 29.2 Å². The Balaban J connectivity index is 2.57. The molecular formula is C14H12FNO2. The van der Waals surface area contributed by atoms with Crippen molar-refractivity contribution in [2.75, 3.05) is 11.9 Å². The molecule has 0 unspecified atom stereocenters. The first kappa shape index (κ1) is 12.1. The number of halogens is 1. The van der Waals surface area contributed by atoms with E-state index in [1.54, 1.807) is 25.2 Å². The number of aromatic hydroxyl groups is 1. The van der Waals surface area contributed by atoms with Gasteiger partial charge in [0.05, 0.1) is 5.69 Å². The van der Waals surface area contributed by atoms with Crippen molar-refractivity contribution >= 4 is 12.1 Å². The van der Waals surface area contributed by atoms with Gasteiger partial charge in [0.15, 0.2) is 0 Å². The first-order chi connectivity index (χ1) is 8.61. The summed E-state index contributed by atoms with van der Waals surface area (Å²) in [5.41, 5.74) is 1.94. The van der Waals surface area contributed by atoms with Crippen molar-refractivity contribution in [3.8, 4) is 16.9 Å². The maximum atomic E-state index is 13.3. The fraction of sp³-hybridized carbons (Fsp3) is 0.0714. The third-order valence-electron chi connectivity index (χ3n) is 2.68. The summed E-state index contributed by atoms with van der Waals surface area (Å²) in [6, 6.07) is 10.6. The summed E-state index contributed by atoms with van der Waals surface area (Å²) < 4.78 is 13.3. The predicted octanol–water partition coefficient (Wildman–Crippen LogP) is 2.79. The topological polar surface area (TPSA) is 40.5 Å². The molecule has 92 valence electrons. The molecule has 0 radical (unpaired) electrons. The molecule has 0 saturated heterocycles. The first-order valence-corrected chi connectivity index (χ1v) is 5.39. The number of amides is 1. The van der Waals surface area contributed by atoms with Crippen molar-refractivity contribution in [2.45, 2.75) is 0 Å². The number of phenolic OH excluding ortho intramolecular Hbond substituents is 1. The molecule has 2 aromatic rings. The summed E-state index contributed by atoms with van der Waals surface area (Å²) in [5.74, 6) is -0.235. The number of rotatable bonds is 3. The van der Waals surface area contributed by atoms with Crippen LogP contribution in [0.15, 0.2) is 42.5 Å². The number of carbonyl (C=O) groups is 1. The molecule has 2 aromatic carbocycles. The second-order valence-electron chi connectivity index (χ2n) is 3.92. The largest absolute Gasteiger partial charge is 0.508 e. The van der Waals surface area contributed by atoms with Crippen molar-refractivity contribution < 1.29 is 14.3 Å². The van der Waals surface area contributed by atoms with E-state index in [1.807, 2.05) is 0 Å². The lowest BCUT2D eigenvalue weighted by Crippen LogP contribution is -2.14. The van der Waals surface area contributed by atoms with Crippen LogP contribution in [0.5, 0.6) is 5.75 Å². The Kier molecular flexibility index (Phi) is 3.28. The SMILES string of the molecule is CN(C=O)c1ccc(F)cc1-c1ccc(O)cc1. The van der Waals surface area contributed by atoms with Crippen LogP contribution in [0.4, 0.5) is 10.1 Å². The van der Waals surface area contributed by atoms with Gasteiger partial charge in [0, 0.05) is 12.6 Å². The van der Waals surface area contributed by atoms with E-state index < -0.39 is 0 Å². The van der Waals surface area contributed by atoms with Gasteiger partial charge in [-0.25, -0.2) is 4.39 Å². The molecule has 0 saturated carbocycles. The Morgan fingerprint density at radius 2 is 1.83 bits per heavy atom. The van der Waals surface area contributed by atoms with E-state index in [-0.39, 0.29) is 11.6 Å². The molecular weight excluding hydrogens is 233 g/mol. The normalized spacial score (nSPS) is 10.1. The van der Waals surface area contributed by atoms with Gasteiger partial charge in [-0.05, 0) is 35.9 Å². The molecule has 1 N–H and O–H groups in total. The number of anilines is 1. The van der Waals surface area contributed by atoms with Gasteiger partial charge in [-0.1, -0.05) is 12.1 Å². The smallest absolute Gasteiger partial charge is 0.213 e. The lowest BCUT2D eigenvalue weighted by atomic mass is 10.0. The van der Waals surface area contributed by atoms with E-state index in [0.717, 1.165) is 5.56 Å². The van der Waals surface area contributed by atoms with Crippen LogP contribution in [0.3, 0.4) is 0 Å². The number of phenols is 1. The molecule has 0 aromatic heterocycles. The molecule has 2 rings (SSSR count). The quantitative estimate of drug-likeness (QED) is 0.845. The number of hydrogen-bond acceptors (Lipinski definition) is 2. The van der Waals surface area contributed by atoms with Gasteiger partial charge >= 0.3 is 0 Å². The van der Waals surface area contributed by atoms with Gasteiger partial charge in [-0.3, -0.25) is 4.79 Å². The van der Waals surface area contributed by atoms with E-state index in [0.29, 0.717) is 17.7 Å². The molecule has 0 aliphatic carbocycles. The highest BCUT2D eigenvalue weighted by molar-refractivity contribution is 5.86. The number of nitrogens with zero attached hydrogens (tertiary/aromatic N) is 1. The van der Waals surface area contributed by atoms with Gasteiger partial charge in [-0.2, -0.15) is 0 Å². The maximum absolute atomic E-state index is 13.3. The zero-order chi connectivity index (χ0) is 13.1. The van der Waals surface area contributed by atoms with Crippen molar-refractivity contribution in [2.24, 2.45) is 0 Å². The van der Waals surface area contributed by atoms with Crippen LogP contribution < -0.4 is 4.90 Å². The summed E-state index contributed by atoms with van der Waals surface area (Å²) >= 11 is 0. The van der Waals surface area contributed by atoms with E-state index in [9.17, 15) is 14.3 Å². The van der Waals surface area contributed by atoms with Crippen LogP contribution >= 0.6 is 0 Å². The average Bonchev–Trinajstić information content (AvgIpc) is 2.38. The molecule has 3 nitrogen and oxygen atoms in total. The second kappa shape index (κ2) is 4.87. The highest BCUT2D eigenvalue weighted by Crippen LogP contribution is 2.31. The van der Waals surface area contributed by atoms with Gasteiger partial charge in [0.1, 0.15) is 11.6 Å². The summed E-state index contributed by atoms with van der Waals surface area (Å²) in [6.45, 7) is 0. The highest BCUT2D eigenvalue weighted by Gasteiger charge is 2.10. The molecule has 0 aliphatic heterocycles. The van der Waals surface area contributed by atoms with Gasteiger partial charge in [0.25, 0.3) is 0 Å². The first-order valence-electron chi connectivity index (χ1n) is 5.39. The van der Waals surface area contributed by atoms with Gasteiger partial charge < -0.3 is 10.0 Å². The van der Waals surface area contributed by atoms with Gasteiger partial charge in [0.2, 0.25) is 6.41 Å². The lowest BCUT2D eigenvalue weighted by molar-refractivity contribution is -0.107. The summed E-state index contributed by atoms with van der Waals surface area (Å²) in [7, 11) is 1.60. The minimum Gasteiger partial charge on any atom is -0.508 e. The third kappa shape index (κ3) is 2.32. The van der Waals surface area contributed by atoms with Crippen LogP contribution in [-0.4, -0.2) is 18.6 Å². The fourth-order valence-electron chi connectivity index (χ4n) is 1.74. The molecule has 18 heavy (non-hydrogen) atoms. The Morgan fingerprint density at radius 3 is 2.44 bits per heavy atom. The third-order valence-corrected chi connectivity index (χ3v) is 2.68. The number of hydrogen-bond donors (Lipinski definition) is 1. The molecule has 0 fully saturated rings. The summed E-state index contributed by atoms with van der Waals surface area (Å²) in [5, 5.41) is 9.24. The van der Waals surface area contributed by atoms with Crippen LogP contribution in [0.2, 0.25) is 0 Å². The van der Waals surface area contributed by atoms with Gasteiger partial charge in [-0.15, -0.1) is 0 Å². The van der Waals surface area contributed by atoms with Crippen LogP contribution in [-0.2, 0) is 4.79 Å². The second-order valence-corrected chi connectivity index (χ2v) is 3.92. The summed E-state index contributed by atoms with van der Waals surface area (Å²) in [6.07, 6.45) is 0.664. The monoisotopic (exact) mass is 245 g/mol. The summed E-state index contributed by atoms with van der Waals surface area (Å²) in [4.78, 5) is 12.2. The van der Waals surface area contributed by atoms with Crippen molar-refractivity contribution in [1.82, 2.24) is 0 Å². The van der Waals surface area contributed by atoms with Crippen molar-refractivity contribution in [3.05, 3.63) is 48.3 Å². The zero-order valence-corrected chi connectivity index (χ0v) is 9.80. The molecule has 1 amide bonds. The lowest BCUT2D eigenvalue weighted by Gasteiger charge is -2.16. The zero-order valence-electron chi connectivity index (χ0n) is 9.80. The van der Waals surface area contributed by atoms with Crippen molar-refractivity contribution in [1.29, 1.82) is 0 Å². The molecule has 0 atom stereocenters. The highest BCUT2D eigenvalue weighted by atomic mass is 19.1. The van der Waals surface area contributed by atoms with Crippen LogP contribution in [0.25, 0.3) is 11.1 Å². The van der Waals surface area contributed by atoms with E-state index in [4.69, 9.17) is 0 Å². The minimum atomic E-state index is -0.374. The maximum Gasteiger partial charge on any atom is 0.213 e. The van der Waals surface area contributed by atoms with Crippen molar-refractivity contribution in [3.63, 3.8) is 0 Å². The molecule has 0 spiro atoms. The number of benzene rings is 2. The van der Waals surface area contributed by atoms with Crippen LogP contribution in [0.1, 0.15) is 0 Å². The molecule has 0 bridgehead atoms. The van der Waals surface area contributed by atoms with E-state index >= 15 is 0 Å².